The molecule has 1 saturated heterocycles. The zero-order valence-corrected chi connectivity index (χ0v) is 13.3. The van der Waals surface area contributed by atoms with Crippen molar-refractivity contribution in [3.05, 3.63) is 18.3 Å². The minimum atomic E-state index is -3.46. The molecule has 2 rings (SSSR count). The van der Waals surface area contributed by atoms with Crippen molar-refractivity contribution in [3.63, 3.8) is 0 Å². The first kappa shape index (κ1) is 16.2. The summed E-state index contributed by atoms with van der Waals surface area (Å²) in [5, 5.41) is 0. The molecule has 0 radical (unpaired) electrons. The van der Waals surface area contributed by atoms with Gasteiger partial charge in [0.15, 0.2) is 0 Å². The Hall–Kier alpha value is -1.22. The number of hydrogen-bond donors (Lipinski definition) is 2. The van der Waals surface area contributed by atoms with E-state index in [4.69, 9.17) is 5.84 Å². The fourth-order valence-electron chi connectivity index (χ4n) is 2.44. The summed E-state index contributed by atoms with van der Waals surface area (Å²) in [4.78, 5) is 6.47. The van der Waals surface area contributed by atoms with Gasteiger partial charge in [-0.05, 0) is 18.1 Å². The van der Waals surface area contributed by atoms with Gasteiger partial charge in [-0.15, -0.1) is 0 Å². The van der Waals surface area contributed by atoms with E-state index in [0.29, 0.717) is 24.8 Å². The van der Waals surface area contributed by atoms with E-state index in [1.165, 1.54) is 16.6 Å². The Labute approximate surface area is 126 Å². The number of hydrazine groups is 1. The van der Waals surface area contributed by atoms with E-state index < -0.39 is 10.0 Å². The summed E-state index contributed by atoms with van der Waals surface area (Å²) in [6.07, 6.45) is 1.34. The fourth-order valence-corrected chi connectivity index (χ4v) is 3.80. The van der Waals surface area contributed by atoms with Gasteiger partial charge in [-0.3, -0.25) is 0 Å². The van der Waals surface area contributed by atoms with Gasteiger partial charge in [0.25, 0.3) is 0 Å². The van der Waals surface area contributed by atoms with Gasteiger partial charge in [-0.2, -0.15) is 4.31 Å². The third kappa shape index (κ3) is 3.91. The van der Waals surface area contributed by atoms with Crippen LogP contribution in [-0.4, -0.2) is 55.3 Å². The van der Waals surface area contributed by atoms with E-state index in [9.17, 15) is 8.42 Å². The molecule has 0 aliphatic carbocycles. The van der Waals surface area contributed by atoms with Crippen molar-refractivity contribution in [2.45, 2.75) is 18.7 Å². The molecule has 0 unspecified atom stereocenters. The van der Waals surface area contributed by atoms with Gasteiger partial charge in [-0.25, -0.2) is 19.2 Å². The SMILES string of the molecule is CC(C)CN1CCN(S(=O)(=O)c2ccc(NN)nc2)CC1. The molecule has 3 N–H and O–H groups in total. The zero-order valence-electron chi connectivity index (χ0n) is 12.5. The molecule has 8 heteroatoms. The lowest BCUT2D eigenvalue weighted by Crippen LogP contribution is -2.49. The number of nitrogens with two attached hydrogens (primary N) is 1. The fraction of sp³-hybridized carbons (Fsp3) is 0.615. The zero-order chi connectivity index (χ0) is 15.5. The van der Waals surface area contributed by atoms with Gasteiger partial charge in [0.05, 0.1) is 0 Å². The quantitative estimate of drug-likeness (QED) is 0.601. The molecule has 0 aromatic carbocycles. The molecule has 0 saturated carbocycles. The van der Waals surface area contributed by atoms with Gasteiger partial charge >= 0.3 is 0 Å². The number of nitrogens with zero attached hydrogens (tertiary/aromatic N) is 3. The Bertz CT molecular complexity index is 550. The Kier molecular flexibility index (Phi) is 5.15. The average molecular weight is 313 g/mol. The van der Waals surface area contributed by atoms with Crippen molar-refractivity contribution in [2.24, 2.45) is 11.8 Å². The van der Waals surface area contributed by atoms with E-state index in [1.54, 1.807) is 6.07 Å². The Morgan fingerprint density at radius 2 is 1.95 bits per heavy atom. The molecule has 0 amide bonds. The van der Waals surface area contributed by atoms with Gasteiger partial charge in [0.2, 0.25) is 10.0 Å². The first-order chi connectivity index (χ1) is 9.93. The van der Waals surface area contributed by atoms with E-state index >= 15 is 0 Å². The maximum Gasteiger partial charge on any atom is 0.244 e. The molecule has 0 spiro atoms. The molecule has 0 atom stereocenters. The molecule has 1 aromatic heterocycles. The molecule has 1 aliphatic heterocycles. The molecule has 0 bridgehead atoms. The summed E-state index contributed by atoms with van der Waals surface area (Å²) in [5.41, 5.74) is 2.38. The maximum absolute atomic E-state index is 12.5. The van der Waals surface area contributed by atoms with E-state index in [1.807, 2.05) is 0 Å². The van der Waals surface area contributed by atoms with Crippen LogP contribution in [0.15, 0.2) is 23.2 Å². The Balaban J connectivity index is 2.03. The third-order valence-corrected chi connectivity index (χ3v) is 5.36. The number of hydrogen-bond acceptors (Lipinski definition) is 6. The summed E-state index contributed by atoms with van der Waals surface area (Å²) in [6, 6.07) is 3.08. The van der Waals surface area contributed by atoms with Crippen LogP contribution in [0.4, 0.5) is 5.82 Å². The highest BCUT2D eigenvalue weighted by Crippen LogP contribution is 2.18. The normalized spacial score (nSPS) is 18.1. The lowest BCUT2D eigenvalue weighted by atomic mass is 10.2. The number of aromatic nitrogens is 1. The van der Waals surface area contributed by atoms with Crippen LogP contribution in [0.3, 0.4) is 0 Å². The van der Waals surface area contributed by atoms with Crippen molar-refractivity contribution in [3.8, 4) is 0 Å². The first-order valence-electron chi connectivity index (χ1n) is 7.08. The second kappa shape index (κ2) is 6.69. The van der Waals surface area contributed by atoms with Crippen molar-refractivity contribution in [2.75, 3.05) is 38.1 Å². The number of nitrogens with one attached hydrogen (secondary N) is 1. The summed E-state index contributed by atoms with van der Waals surface area (Å²) < 4.78 is 26.6. The number of piperazine rings is 1. The largest absolute Gasteiger partial charge is 0.308 e. The van der Waals surface area contributed by atoms with Crippen LogP contribution in [0.1, 0.15) is 13.8 Å². The van der Waals surface area contributed by atoms with Crippen LogP contribution in [0, 0.1) is 5.92 Å². The lowest BCUT2D eigenvalue weighted by molar-refractivity contribution is 0.172. The van der Waals surface area contributed by atoms with Gasteiger partial charge < -0.3 is 10.3 Å². The van der Waals surface area contributed by atoms with Crippen molar-refractivity contribution in [1.82, 2.24) is 14.2 Å². The second-order valence-electron chi connectivity index (χ2n) is 5.62. The topological polar surface area (TPSA) is 91.6 Å². The van der Waals surface area contributed by atoms with Crippen LogP contribution >= 0.6 is 0 Å². The lowest BCUT2D eigenvalue weighted by Gasteiger charge is -2.34. The molecule has 7 nitrogen and oxygen atoms in total. The number of rotatable bonds is 5. The van der Waals surface area contributed by atoms with E-state index in [0.717, 1.165) is 19.6 Å². The molecular formula is C13H23N5O2S. The van der Waals surface area contributed by atoms with E-state index in [-0.39, 0.29) is 4.90 Å². The highest BCUT2D eigenvalue weighted by atomic mass is 32.2. The Morgan fingerprint density at radius 3 is 2.43 bits per heavy atom. The summed E-state index contributed by atoms with van der Waals surface area (Å²) in [5.74, 6) is 6.26. The highest BCUT2D eigenvalue weighted by Gasteiger charge is 2.28. The van der Waals surface area contributed by atoms with Crippen LogP contribution in [0.2, 0.25) is 0 Å². The number of pyridine rings is 1. The third-order valence-electron chi connectivity index (χ3n) is 3.48. The molecule has 2 heterocycles. The summed E-state index contributed by atoms with van der Waals surface area (Å²) >= 11 is 0. The standard InChI is InChI=1S/C13H23N5O2S/c1-11(2)10-17-5-7-18(8-6-17)21(19,20)12-3-4-13(16-14)15-9-12/h3-4,9,11H,5-8,10,14H2,1-2H3,(H,15,16). The van der Waals surface area contributed by atoms with E-state index in [2.05, 4.69) is 29.2 Å². The molecule has 118 valence electrons. The number of nitrogen functional groups attached to an aromatic ring is 1. The monoisotopic (exact) mass is 313 g/mol. The van der Waals surface area contributed by atoms with Gasteiger partial charge in [0.1, 0.15) is 10.7 Å². The first-order valence-corrected chi connectivity index (χ1v) is 8.52. The smallest absolute Gasteiger partial charge is 0.244 e. The molecule has 1 aromatic rings. The van der Waals surface area contributed by atoms with Crippen molar-refractivity contribution >= 4 is 15.8 Å². The van der Waals surface area contributed by atoms with Crippen molar-refractivity contribution < 1.29 is 8.42 Å². The maximum atomic E-state index is 12.5. The van der Waals surface area contributed by atoms with Crippen LogP contribution in [-0.2, 0) is 10.0 Å². The highest BCUT2D eigenvalue weighted by molar-refractivity contribution is 7.89. The minimum Gasteiger partial charge on any atom is -0.308 e. The van der Waals surface area contributed by atoms with Crippen molar-refractivity contribution in [1.29, 1.82) is 0 Å². The predicted octanol–water partition coefficient (Wildman–Crippen LogP) is 0.330. The van der Waals surface area contributed by atoms with Gasteiger partial charge in [0, 0.05) is 38.9 Å². The molecule has 1 fully saturated rings. The van der Waals surface area contributed by atoms with Crippen LogP contribution in [0.25, 0.3) is 0 Å². The Morgan fingerprint density at radius 1 is 1.29 bits per heavy atom. The number of anilines is 1. The molecule has 21 heavy (non-hydrogen) atoms. The predicted molar refractivity (Wildman–Crippen MR) is 82.1 cm³/mol. The van der Waals surface area contributed by atoms with Crippen LogP contribution in [0.5, 0.6) is 0 Å². The second-order valence-corrected chi connectivity index (χ2v) is 7.56. The van der Waals surface area contributed by atoms with Gasteiger partial charge in [-0.1, -0.05) is 13.8 Å². The number of sulfonamides is 1. The average Bonchev–Trinajstić information content (AvgIpc) is 2.47. The summed E-state index contributed by atoms with van der Waals surface area (Å²) in [7, 11) is -3.46. The summed E-state index contributed by atoms with van der Waals surface area (Å²) in [6.45, 7) is 7.92. The molecular weight excluding hydrogens is 290 g/mol. The molecule has 1 aliphatic rings. The van der Waals surface area contributed by atoms with Crippen LogP contribution < -0.4 is 11.3 Å². The minimum absolute atomic E-state index is 0.207.